The van der Waals surface area contributed by atoms with Gasteiger partial charge in [0, 0.05) is 17.8 Å². The zero-order valence-electron chi connectivity index (χ0n) is 17.4. The van der Waals surface area contributed by atoms with Crippen molar-refractivity contribution in [2.45, 2.75) is 33.2 Å². The summed E-state index contributed by atoms with van der Waals surface area (Å²) in [5, 5.41) is 3.47. The zero-order valence-corrected chi connectivity index (χ0v) is 17.4. The van der Waals surface area contributed by atoms with E-state index in [-0.39, 0.29) is 0 Å². The van der Waals surface area contributed by atoms with Gasteiger partial charge in [-0.2, -0.15) is 0 Å². The van der Waals surface area contributed by atoms with Crippen molar-refractivity contribution in [1.82, 2.24) is 0 Å². The summed E-state index contributed by atoms with van der Waals surface area (Å²) in [6.45, 7) is 6.50. The Bertz CT molecular complexity index is 844. The van der Waals surface area contributed by atoms with E-state index >= 15 is 0 Å². The van der Waals surface area contributed by atoms with Crippen LogP contribution >= 0.6 is 0 Å². The summed E-state index contributed by atoms with van der Waals surface area (Å²) in [5.74, 6) is 2.37. The normalized spacial score (nSPS) is 10.7. The van der Waals surface area contributed by atoms with Gasteiger partial charge in [0.2, 0.25) is 0 Å². The Hall–Kier alpha value is -2.94. The number of hydrogen-bond acceptors (Lipinski definition) is 3. The van der Waals surface area contributed by atoms with E-state index in [1.54, 1.807) is 0 Å². The molecule has 0 aliphatic carbocycles. The second kappa shape index (κ2) is 11.2. The molecule has 0 saturated carbocycles. The monoisotopic (exact) mass is 389 g/mol. The summed E-state index contributed by atoms with van der Waals surface area (Å²) >= 11 is 0. The Morgan fingerprint density at radius 1 is 0.793 bits per heavy atom. The standard InChI is InChI=1S/C26H31NO2/c1-21(2)20-29-26-13-7-6-12-23(26)19-27-24-14-16-25(17-15-24)28-18-8-11-22-9-4-3-5-10-22/h3-7,9-10,12-17,21,27H,8,11,18-20H2,1-2H3. The molecule has 152 valence electrons. The minimum absolute atomic E-state index is 0.510. The van der Waals surface area contributed by atoms with Gasteiger partial charge in [-0.1, -0.05) is 62.4 Å². The van der Waals surface area contributed by atoms with Crippen LogP contribution in [0.15, 0.2) is 78.9 Å². The van der Waals surface area contributed by atoms with Crippen LogP contribution in [0, 0.1) is 5.92 Å². The van der Waals surface area contributed by atoms with Crippen molar-refractivity contribution in [3.8, 4) is 11.5 Å². The molecule has 3 heteroatoms. The van der Waals surface area contributed by atoms with Crippen LogP contribution in [0.3, 0.4) is 0 Å². The number of aryl methyl sites for hydroxylation is 1. The summed E-state index contributed by atoms with van der Waals surface area (Å²) in [6, 6.07) is 26.9. The van der Waals surface area contributed by atoms with E-state index in [9.17, 15) is 0 Å². The van der Waals surface area contributed by atoms with E-state index in [0.29, 0.717) is 5.92 Å². The molecule has 0 radical (unpaired) electrons. The molecule has 3 aromatic rings. The van der Waals surface area contributed by atoms with Crippen LogP contribution in [0.1, 0.15) is 31.4 Å². The van der Waals surface area contributed by atoms with Crippen molar-refractivity contribution >= 4 is 5.69 Å². The van der Waals surface area contributed by atoms with Crippen LogP contribution in [-0.2, 0) is 13.0 Å². The first-order valence-electron chi connectivity index (χ1n) is 10.4. The molecule has 0 aliphatic heterocycles. The van der Waals surface area contributed by atoms with E-state index in [4.69, 9.17) is 9.47 Å². The smallest absolute Gasteiger partial charge is 0.124 e. The van der Waals surface area contributed by atoms with Crippen molar-refractivity contribution < 1.29 is 9.47 Å². The second-order valence-corrected chi connectivity index (χ2v) is 7.63. The van der Waals surface area contributed by atoms with Crippen LogP contribution in [0.4, 0.5) is 5.69 Å². The molecule has 0 fully saturated rings. The van der Waals surface area contributed by atoms with E-state index in [0.717, 1.165) is 55.4 Å². The molecule has 0 atom stereocenters. The fourth-order valence-electron chi connectivity index (χ4n) is 3.02. The van der Waals surface area contributed by atoms with E-state index < -0.39 is 0 Å². The van der Waals surface area contributed by atoms with Gasteiger partial charge in [0.25, 0.3) is 0 Å². The molecular formula is C26H31NO2. The van der Waals surface area contributed by atoms with E-state index in [1.165, 1.54) is 5.56 Å². The lowest BCUT2D eigenvalue weighted by Gasteiger charge is -2.14. The second-order valence-electron chi connectivity index (χ2n) is 7.63. The molecule has 1 N–H and O–H groups in total. The number of rotatable bonds is 11. The lowest BCUT2D eigenvalue weighted by Crippen LogP contribution is -2.08. The van der Waals surface area contributed by atoms with Gasteiger partial charge >= 0.3 is 0 Å². The molecule has 29 heavy (non-hydrogen) atoms. The van der Waals surface area contributed by atoms with Gasteiger partial charge in [-0.15, -0.1) is 0 Å². The molecule has 0 bridgehead atoms. The molecule has 0 heterocycles. The molecular weight excluding hydrogens is 358 g/mol. The highest BCUT2D eigenvalue weighted by molar-refractivity contribution is 5.48. The van der Waals surface area contributed by atoms with Crippen molar-refractivity contribution in [1.29, 1.82) is 0 Å². The molecule has 3 nitrogen and oxygen atoms in total. The van der Waals surface area contributed by atoms with Gasteiger partial charge in [-0.05, 0) is 54.7 Å². The first kappa shape index (κ1) is 20.8. The Morgan fingerprint density at radius 3 is 2.28 bits per heavy atom. The summed E-state index contributed by atoms with van der Waals surface area (Å²) in [6.07, 6.45) is 2.05. The SMILES string of the molecule is CC(C)COc1ccccc1CNc1ccc(OCCCc2ccccc2)cc1. The summed E-state index contributed by atoms with van der Waals surface area (Å²) in [7, 11) is 0. The van der Waals surface area contributed by atoms with Crippen LogP contribution in [0.25, 0.3) is 0 Å². The summed E-state index contributed by atoms with van der Waals surface area (Å²) in [4.78, 5) is 0. The van der Waals surface area contributed by atoms with Gasteiger partial charge in [-0.25, -0.2) is 0 Å². The van der Waals surface area contributed by atoms with Crippen LogP contribution in [-0.4, -0.2) is 13.2 Å². The van der Waals surface area contributed by atoms with Crippen molar-refractivity contribution in [3.63, 3.8) is 0 Å². The molecule has 0 amide bonds. The average Bonchev–Trinajstić information content (AvgIpc) is 2.76. The van der Waals surface area contributed by atoms with Crippen molar-refractivity contribution in [2.75, 3.05) is 18.5 Å². The van der Waals surface area contributed by atoms with E-state index in [2.05, 4.69) is 61.6 Å². The Morgan fingerprint density at radius 2 is 1.52 bits per heavy atom. The number of ether oxygens (including phenoxy) is 2. The molecule has 0 unspecified atom stereocenters. The first-order chi connectivity index (χ1) is 14.2. The number of nitrogens with one attached hydrogen (secondary N) is 1. The molecule has 0 aromatic heterocycles. The fraction of sp³-hybridized carbons (Fsp3) is 0.308. The highest BCUT2D eigenvalue weighted by Gasteiger charge is 2.04. The van der Waals surface area contributed by atoms with Gasteiger partial charge in [0.1, 0.15) is 11.5 Å². The van der Waals surface area contributed by atoms with Gasteiger partial charge in [0.05, 0.1) is 13.2 Å². The molecule has 3 rings (SSSR count). The van der Waals surface area contributed by atoms with Gasteiger partial charge in [-0.3, -0.25) is 0 Å². The number of benzene rings is 3. The maximum atomic E-state index is 5.93. The van der Waals surface area contributed by atoms with Crippen molar-refractivity contribution in [2.24, 2.45) is 5.92 Å². The van der Waals surface area contributed by atoms with Crippen molar-refractivity contribution in [3.05, 3.63) is 90.0 Å². The van der Waals surface area contributed by atoms with Gasteiger partial charge in [0.15, 0.2) is 0 Å². The lowest BCUT2D eigenvalue weighted by atomic mass is 10.1. The highest BCUT2D eigenvalue weighted by Crippen LogP contribution is 2.21. The number of anilines is 1. The molecule has 0 aliphatic rings. The quantitative estimate of drug-likeness (QED) is 0.388. The highest BCUT2D eigenvalue weighted by atomic mass is 16.5. The first-order valence-corrected chi connectivity index (χ1v) is 10.4. The minimum atomic E-state index is 0.510. The predicted octanol–water partition coefficient (Wildman–Crippen LogP) is 6.35. The topological polar surface area (TPSA) is 30.5 Å². The van der Waals surface area contributed by atoms with Crippen LogP contribution in [0.2, 0.25) is 0 Å². The Kier molecular flexibility index (Phi) is 8.00. The minimum Gasteiger partial charge on any atom is -0.494 e. The zero-order chi connectivity index (χ0) is 20.3. The summed E-state index contributed by atoms with van der Waals surface area (Å²) < 4.78 is 11.8. The fourth-order valence-corrected chi connectivity index (χ4v) is 3.02. The van der Waals surface area contributed by atoms with Crippen LogP contribution in [0.5, 0.6) is 11.5 Å². The number of para-hydroxylation sites is 1. The molecule has 0 saturated heterocycles. The maximum Gasteiger partial charge on any atom is 0.124 e. The predicted molar refractivity (Wildman–Crippen MR) is 121 cm³/mol. The third-order valence-corrected chi connectivity index (χ3v) is 4.60. The van der Waals surface area contributed by atoms with Crippen LogP contribution < -0.4 is 14.8 Å². The maximum absolute atomic E-state index is 5.93. The summed E-state index contributed by atoms with van der Waals surface area (Å²) in [5.41, 5.74) is 3.59. The molecule has 0 spiro atoms. The van der Waals surface area contributed by atoms with E-state index in [1.807, 2.05) is 36.4 Å². The Labute approximate surface area is 174 Å². The third kappa shape index (κ3) is 7.19. The Balaban J connectivity index is 1.43. The van der Waals surface area contributed by atoms with Gasteiger partial charge < -0.3 is 14.8 Å². The largest absolute Gasteiger partial charge is 0.494 e. The molecule has 3 aromatic carbocycles. The average molecular weight is 390 g/mol. The third-order valence-electron chi connectivity index (χ3n) is 4.60. The lowest BCUT2D eigenvalue weighted by molar-refractivity contribution is 0.269. The number of hydrogen-bond donors (Lipinski definition) is 1.